The topological polar surface area (TPSA) is 98.5 Å². The molecule has 0 aliphatic carbocycles. The number of nitrogens with zero attached hydrogens (tertiary/aromatic N) is 1. The molecule has 0 saturated carbocycles. The Bertz CT molecular complexity index is 789. The van der Waals surface area contributed by atoms with E-state index in [0.29, 0.717) is 6.54 Å². The average molecular weight is 342 g/mol. The van der Waals surface area contributed by atoms with Crippen LogP contribution in [0.5, 0.6) is 0 Å². The van der Waals surface area contributed by atoms with Crippen LogP contribution in [-0.4, -0.2) is 30.5 Å². The van der Waals surface area contributed by atoms with Gasteiger partial charge in [-0.3, -0.25) is 14.9 Å². The maximum Gasteiger partial charge on any atom is 0.338 e. The van der Waals surface area contributed by atoms with Crippen LogP contribution in [0.2, 0.25) is 0 Å². The van der Waals surface area contributed by atoms with Gasteiger partial charge in [-0.2, -0.15) is 0 Å². The first kappa shape index (κ1) is 18.1. The standard InChI is InChI=1S/C18H18N2O5/c1-12(13-6-4-3-5-7-13)11-19-17(21)14-8-15(18(22)25-2)10-16(9-14)20(23)24/h3-10,12H,11H2,1-2H3,(H,19,21)/t12-/m1/s1. The Labute approximate surface area is 144 Å². The van der Waals surface area contributed by atoms with Crippen molar-refractivity contribution in [2.24, 2.45) is 0 Å². The van der Waals surface area contributed by atoms with Crippen molar-refractivity contribution in [1.29, 1.82) is 0 Å². The molecule has 2 aromatic rings. The van der Waals surface area contributed by atoms with E-state index in [-0.39, 0.29) is 22.7 Å². The predicted octanol–water partition coefficient (Wildman–Crippen LogP) is 2.91. The second-order valence-corrected chi connectivity index (χ2v) is 5.54. The normalized spacial score (nSPS) is 11.4. The van der Waals surface area contributed by atoms with Gasteiger partial charge >= 0.3 is 5.97 Å². The number of hydrogen-bond acceptors (Lipinski definition) is 5. The van der Waals surface area contributed by atoms with E-state index in [1.165, 1.54) is 13.2 Å². The number of esters is 1. The minimum atomic E-state index is -0.740. The van der Waals surface area contributed by atoms with Crippen molar-refractivity contribution >= 4 is 17.6 Å². The fourth-order valence-corrected chi connectivity index (χ4v) is 2.33. The van der Waals surface area contributed by atoms with Crippen LogP contribution in [0.4, 0.5) is 5.69 Å². The highest BCUT2D eigenvalue weighted by atomic mass is 16.6. The first-order chi connectivity index (χ1) is 11.9. The minimum Gasteiger partial charge on any atom is -0.465 e. The van der Waals surface area contributed by atoms with Gasteiger partial charge in [0.25, 0.3) is 11.6 Å². The van der Waals surface area contributed by atoms with Crippen LogP contribution >= 0.6 is 0 Å². The van der Waals surface area contributed by atoms with Crippen LogP contribution in [0.3, 0.4) is 0 Å². The van der Waals surface area contributed by atoms with E-state index in [0.717, 1.165) is 17.7 Å². The number of amides is 1. The summed E-state index contributed by atoms with van der Waals surface area (Å²) >= 11 is 0. The third-order valence-electron chi connectivity index (χ3n) is 3.75. The number of carbonyl (C=O) groups excluding carboxylic acids is 2. The number of hydrogen-bond donors (Lipinski definition) is 1. The number of non-ortho nitro benzene ring substituents is 1. The Hall–Kier alpha value is -3.22. The maximum atomic E-state index is 12.3. The van der Waals surface area contributed by atoms with Crippen molar-refractivity contribution in [3.8, 4) is 0 Å². The van der Waals surface area contributed by atoms with Gasteiger partial charge in [0.05, 0.1) is 17.6 Å². The number of nitro benzene ring substituents is 1. The summed E-state index contributed by atoms with van der Waals surface area (Å²) in [4.78, 5) is 34.3. The number of nitrogens with one attached hydrogen (secondary N) is 1. The molecule has 2 aromatic carbocycles. The highest BCUT2D eigenvalue weighted by Crippen LogP contribution is 2.19. The zero-order valence-electron chi connectivity index (χ0n) is 13.9. The number of rotatable bonds is 6. The quantitative estimate of drug-likeness (QED) is 0.494. The van der Waals surface area contributed by atoms with E-state index in [4.69, 9.17) is 0 Å². The summed E-state index contributed by atoms with van der Waals surface area (Å²) in [6.45, 7) is 2.32. The molecule has 0 aliphatic rings. The average Bonchev–Trinajstić information content (AvgIpc) is 2.65. The van der Waals surface area contributed by atoms with E-state index in [9.17, 15) is 19.7 Å². The van der Waals surface area contributed by atoms with Crippen LogP contribution in [0.25, 0.3) is 0 Å². The van der Waals surface area contributed by atoms with Gasteiger partial charge in [-0.15, -0.1) is 0 Å². The predicted molar refractivity (Wildman–Crippen MR) is 91.6 cm³/mol. The third kappa shape index (κ3) is 4.63. The highest BCUT2D eigenvalue weighted by Gasteiger charge is 2.18. The fraction of sp³-hybridized carbons (Fsp3) is 0.222. The van der Waals surface area contributed by atoms with Crippen LogP contribution in [-0.2, 0) is 4.74 Å². The third-order valence-corrected chi connectivity index (χ3v) is 3.75. The Morgan fingerprint density at radius 1 is 1.16 bits per heavy atom. The van der Waals surface area contributed by atoms with Gasteiger partial charge in [-0.05, 0) is 17.5 Å². The molecule has 1 atom stereocenters. The summed E-state index contributed by atoms with van der Waals surface area (Å²) in [6.07, 6.45) is 0. The molecule has 7 heteroatoms. The van der Waals surface area contributed by atoms with Crippen LogP contribution in [0, 0.1) is 10.1 Å². The Balaban J connectivity index is 2.16. The zero-order chi connectivity index (χ0) is 18.4. The summed E-state index contributed by atoms with van der Waals surface area (Å²) in [6, 6.07) is 13.1. The van der Waals surface area contributed by atoms with Gasteiger partial charge < -0.3 is 10.1 Å². The Morgan fingerprint density at radius 2 is 1.80 bits per heavy atom. The van der Waals surface area contributed by atoms with Gasteiger partial charge in [0.1, 0.15) is 0 Å². The molecule has 0 spiro atoms. The van der Waals surface area contributed by atoms with Gasteiger partial charge in [0, 0.05) is 24.2 Å². The van der Waals surface area contributed by atoms with Crippen molar-refractivity contribution in [2.75, 3.05) is 13.7 Å². The number of methoxy groups -OCH3 is 1. The summed E-state index contributed by atoms with van der Waals surface area (Å²) < 4.78 is 4.57. The van der Waals surface area contributed by atoms with Crippen LogP contribution in [0.1, 0.15) is 39.1 Å². The van der Waals surface area contributed by atoms with Crippen molar-refractivity contribution in [3.05, 3.63) is 75.3 Å². The van der Waals surface area contributed by atoms with E-state index in [1.807, 2.05) is 37.3 Å². The van der Waals surface area contributed by atoms with E-state index < -0.39 is 16.8 Å². The van der Waals surface area contributed by atoms with E-state index in [2.05, 4.69) is 10.1 Å². The van der Waals surface area contributed by atoms with Crippen molar-refractivity contribution in [2.45, 2.75) is 12.8 Å². The molecule has 0 aliphatic heterocycles. The largest absolute Gasteiger partial charge is 0.465 e. The van der Waals surface area contributed by atoms with Crippen molar-refractivity contribution in [1.82, 2.24) is 5.32 Å². The minimum absolute atomic E-state index is 0.0369. The molecule has 0 heterocycles. The molecule has 1 amide bonds. The SMILES string of the molecule is COC(=O)c1cc(C(=O)NC[C@@H](C)c2ccccc2)cc([N+](=O)[O-])c1. The molecular weight excluding hydrogens is 324 g/mol. The first-order valence-corrected chi connectivity index (χ1v) is 7.63. The van der Waals surface area contributed by atoms with Gasteiger partial charge in [-0.1, -0.05) is 37.3 Å². The number of carbonyl (C=O) groups is 2. The monoisotopic (exact) mass is 342 g/mol. The van der Waals surface area contributed by atoms with Crippen LogP contribution in [0.15, 0.2) is 48.5 Å². The number of ether oxygens (including phenoxy) is 1. The van der Waals surface area contributed by atoms with Gasteiger partial charge in [-0.25, -0.2) is 4.79 Å². The molecule has 0 saturated heterocycles. The molecule has 0 aromatic heterocycles. The second-order valence-electron chi connectivity index (χ2n) is 5.54. The molecule has 25 heavy (non-hydrogen) atoms. The highest BCUT2D eigenvalue weighted by molar-refractivity contribution is 5.99. The zero-order valence-corrected chi connectivity index (χ0v) is 13.9. The smallest absolute Gasteiger partial charge is 0.338 e. The molecule has 0 radical (unpaired) electrons. The number of benzene rings is 2. The lowest BCUT2D eigenvalue weighted by molar-refractivity contribution is -0.384. The summed E-state index contributed by atoms with van der Waals surface area (Å²) in [5.41, 5.74) is 0.717. The maximum absolute atomic E-state index is 12.3. The Morgan fingerprint density at radius 3 is 2.40 bits per heavy atom. The van der Waals surface area contributed by atoms with Gasteiger partial charge in [0.15, 0.2) is 0 Å². The Kier molecular flexibility index (Phi) is 5.84. The molecule has 1 N–H and O–H groups in total. The van der Waals surface area contributed by atoms with E-state index >= 15 is 0 Å². The molecule has 0 unspecified atom stereocenters. The lowest BCUT2D eigenvalue weighted by Crippen LogP contribution is -2.27. The molecule has 130 valence electrons. The van der Waals surface area contributed by atoms with E-state index in [1.54, 1.807) is 0 Å². The fourth-order valence-electron chi connectivity index (χ4n) is 2.33. The second kappa shape index (κ2) is 8.05. The van der Waals surface area contributed by atoms with Crippen LogP contribution < -0.4 is 5.32 Å². The lowest BCUT2D eigenvalue weighted by atomic mass is 10.0. The molecule has 2 rings (SSSR count). The number of nitro groups is 1. The molecule has 0 bridgehead atoms. The summed E-state index contributed by atoms with van der Waals surface area (Å²) in [5, 5.41) is 13.7. The lowest BCUT2D eigenvalue weighted by Gasteiger charge is -2.13. The molecule has 0 fully saturated rings. The first-order valence-electron chi connectivity index (χ1n) is 7.63. The van der Waals surface area contributed by atoms with Crippen molar-refractivity contribution < 1.29 is 19.2 Å². The van der Waals surface area contributed by atoms with Gasteiger partial charge in [0.2, 0.25) is 0 Å². The summed E-state index contributed by atoms with van der Waals surface area (Å²) in [5.74, 6) is -1.16. The van der Waals surface area contributed by atoms with Crippen molar-refractivity contribution in [3.63, 3.8) is 0 Å². The molecule has 7 nitrogen and oxygen atoms in total. The molecular formula is C18H18N2O5. The summed E-state index contributed by atoms with van der Waals surface area (Å²) in [7, 11) is 1.17.